The van der Waals surface area contributed by atoms with E-state index in [9.17, 15) is 4.79 Å². The molecule has 126 valence electrons. The van der Waals surface area contributed by atoms with Gasteiger partial charge < -0.3 is 15.8 Å². The number of nitrogens with one attached hydrogen (secondary N) is 1. The van der Waals surface area contributed by atoms with Crippen molar-refractivity contribution in [2.45, 2.75) is 45.1 Å². The Labute approximate surface area is 138 Å². The van der Waals surface area contributed by atoms with E-state index < -0.39 is 11.5 Å². The van der Waals surface area contributed by atoms with Gasteiger partial charge in [-0.05, 0) is 61.1 Å². The van der Waals surface area contributed by atoms with Crippen molar-refractivity contribution in [3.8, 4) is 0 Å². The second-order valence-electron chi connectivity index (χ2n) is 6.15. The number of amides is 1. The van der Waals surface area contributed by atoms with Crippen molar-refractivity contribution in [2.75, 3.05) is 13.7 Å². The molecule has 5 nitrogen and oxygen atoms in total. The van der Waals surface area contributed by atoms with Crippen molar-refractivity contribution in [1.29, 1.82) is 0 Å². The Hall–Kier alpha value is -1.88. The molecular formula is C18H27N3O2. The van der Waals surface area contributed by atoms with Crippen LogP contribution in [-0.4, -0.2) is 24.5 Å². The van der Waals surface area contributed by atoms with Crippen molar-refractivity contribution in [3.05, 3.63) is 41.4 Å². The minimum Gasteiger partial charge on any atom is -0.391 e. The van der Waals surface area contributed by atoms with Crippen molar-refractivity contribution in [2.24, 2.45) is 11.7 Å². The molecule has 1 aliphatic carbocycles. The highest BCUT2D eigenvalue weighted by atomic mass is 16.5. The SMILES string of the molecule is CCCN/C=C1/CCCC(C)C1(OC)c1ccnc(C(N)=O)c1. The van der Waals surface area contributed by atoms with Gasteiger partial charge >= 0.3 is 0 Å². The van der Waals surface area contributed by atoms with Gasteiger partial charge in [-0.2, -0.15) is 0 Å². The number of rotatable bonds is 6. The third-order valence-electron chi connectivity index (χ3n) is 4.69. The van der Waals surface area contributed by atoms with E-state index in [-0.39, 0.29) is 5.69 Å². The highest BCUT2D eigenvalue weighted by Gasteiger charge is 2.44. The number of carbonyl (C=O) groups excluding carboxylic acids is 1. The van der Waals surface area contributed by atoms with Crippen LogP contribution < -0.4 is 11.1 Å². The summed E-state index contributed by atoms with van der Waals surface area (Å²) in [5.74, 6) is -0.213. The molecule has 1 aromatic rings. The van der Waals surface area contributed by atoms with E-state index in [1.54, 1.807) is 19.4 Å². The summed E-state index contributed by atoms with van der Waals surface area (Å²) in [4.78, 5) is 15.6. The average Bonchev–Trinajstić information content (AvgIpc) is 2.56. The number of nitrogens with zero attached hydrogens (tertiary/aromatic N) is 1. The van der Waals surface area contributed by atoms with E-state index in [0.717, 1.165) is 37.8 Å². The number of hydrogen-bond acceptors (Lipinski definition) is 4. The summed E-state index contributed by atoms with van der Waals surface area (Å²) in [5.41, 5.74) is 7.30. The van der Waals surface area contributed by atoms with Gasteiger partial charge in [0.2, 0.25) is 0 Å². The maximum absolute atomic E-state index is 11.5. The van der Waals surface area contributed by atoms with Gasteiger partial charge in [-0.3, -0.25) is 9.78 Å². The molecule has 0 bridgehead atoms. The van der Waals surface area contributed by atoms with Crippen LogP contribution in [0.4, 0.5) is 0 Å². The largest absolute Gasteiger partial charge is 0.391 e. The van der Waals surface area contributed by atoms with E-state index >= 15 is 0 Å². The minimum atomic E-state index is -0.536. The lowest BCUT2D eigenvalue weighted by Crippen LogP contribution is -2.41. The van der Waals surface area contributed by atoms with Crippen LogP contribution in [0.3, 0.4) is 0 Å². The molecule has 0 saturated heterocycles. The number of primary amides is 1. The molecule has 1 saturated carbocycles. The Morgan fingerprint density at radius 2 is 2.39 bits per heavy atom. The number of aromatic nitrogens is 1. The summed E-state index contributed by atoms with van der Waals surface area (Å²) in [6, 6.07) is 3.69. The highest BCUT2D eigenvalue weighted by molar-refractivity contribution is 5.90. The van der Waals surface area contributed by atoms with E-state index in [2.05, 4.69) is 30.3 Å². The Morgan fingerprint density at radius 1 is 1.61 bits per heavy atom. The third-order valence-corrected chi connectivity index (χ3v) is 4.69. The van der Waals surface area contributed by atoms with Gasteiger partial charge in [0, 0.05) is 19.9 Å². The van der Waals surface area contributed by atoms with Crippen LogP contribution in [0.25, 0.3) is 0 Å². The lowest BCUT2D eigenvalue weighted by Gasteiger charge is -2.44. The number of pyridine rings is 1. The maximum atomic E-state index is 11.5. The smallest absolute Gasteiger partial charge is 0.267 e. The summed E-state index contributed by atoms with van der Waals surface area (Å²) in [6.45, 7) is 5.27. The molecule has 2 rings (SSSR count). The topological polar surface area (TPSA) is 77.2 Å². The molecule has 0 aliphatic heterocycles. The number of methoxy groups -OCH3 is 1. The van der Waals surface area contributed by atoms with Crippen molar-refractivity contribution >= 4 is 5.91 Å². The van der Waals surface area contributed by atoms with Gasteiger partial charge in [-0.25, -0.2) is 0 Å². The third kappa shape index (κ3) is 3.39. The molecular weight excluding hydrogens is 290 g/mol. The van der Waals surface area contributed by atoms with E-state index in [1.165, 1.54) is 5.57 Å². The van der Waals surface area contributed by atoms with Crippen LogP contribution in [-0.2, 0) is 10.3 Å². The molecule has 2 unspecified atom stereocenters. The molecule has 1 fully saturated rings. The van der Waals surface area contributed by atoms with Gasteiger partial charge in [-0.15, -0.1) is 0 Å². The second-order valence-corrected chi connectivity index (χ2v) is 6.15. The van der Waals surface area contributed by atoms with Gasteiger partial charge in [0.15, 0.2) is 0 Å². The maximum Gasteiger partial charge on any atom is 0.267 e. The van der Waals surface area contributed by atoms with Crippen LogP contribution in [0.5, 0.6) is 0 Å². The number of ether oxygens (including phenoxy) is 1. The molecule has 5 heteroatoms. The quantitative estimate of drug-likeness (QED) is 0.791. The van der Waals surface area contributed by atoms with Gasteiger partial charge in [0.25, 0.3) is 5.91 Å². The monoisotopic (exact) mass is 317 g/mol. The van der Waals surface area contributed by atoms with Crippen LogP contribution in [0.15, 0.2) is 30.1 Å². The van der Waals surface area contributed by atoms with Crippen molar-refractivity contribution < 1.29 is 9.53 Å². The van der Waals surface area contributed by atoms with E-state index in [4.69, 9.17) is 10.5 Å². The first kappa shape index (κ1) is 17.5. The fourth-order valence-electron chi connectivity index (χ4n) is 3.54. The van der Waals surface area contributed by atoms with Crippen LogP contribution >= 0.6 is 0 Å². The van der Waals surface area contributed by atoms with Crippen LogP contribution in [0.2, 0.25) is 0 Å². The summed E-state index contributed by atoms with van der Waals surface area (Å²) in [7, 11) is 1.74. The zero-order valence-electron chi connectivity index (χ0n) is 14.3. The zero-order valence-corrected chi connectivity index (χ0v) is 14.3. The number of hydrogen-bond donors (Lipinski definition) is 2. The highest BCUT2D eigenvalue weighted by Crippen LogP contribution is 2.47. The van der Waals surface area contributed by atoms with Crippen LogP contribution in [0.1, 0.15) is 55.6 Å². The van der Waals surface area contributed by atoms with E-state index in [1.807, 2.05) is 6.07 Å². The minimum absolute atomic E-state index is 0.276. The predicted molar refractivity (Wildman–Crippen MR) is 90.8 cm³/mol. The fourth-order valence-corrected chi connectivity index (χ4v) is 3.54. The van der Waals surface area contributed by atoms with Gasteiger partial charge in [0.05, 0.1) is 0 Å². The van der Waals surface area contributed by atoms with Crippen molar-refractivity contribution in [1.82, 2.24) is 10.3 Å². The zero-order chi connectivity index (χ0) is 16.9. The van der Waals surface area contributed by atoms with Crippen molar-refractivity contribution in [3.63, 3.8) is 0 Å². The molecule has 1 aromatic heterocycles. The number of nitrogens with two attached hydrogens (primary N) is 1. The molecule has 0 spiro atoms. The molecule has 3 N–H and O–H groups in total. The molecule has 1 amide bonds. The summed E-state index contributed by atoms with van der Waals surface area (Å²) in [6.07, 6.45) is 7.98. The lowest BCUT2D eigenvalue weighted by molar-refractivity contribution is -0.0434. The van der Waals surface area contributed by atoms with E-state index in [0.29, 0.717) is 5.92 Å². The Bertz CT molecular complexity index is 585. The number of carbonyl (C=O) groups is 1. The molecule has 23 heavy (non-hydrogen) atoms. The Morgan fingerprint density at radius 3 is 3.04 bits per heavy atom. The Kier molecular flexibility index (Phi) is 5.77. The first-order valence-electron chi connectivity index (χ1n) is 8.30. The predicted octanol–water partition coefficient (Wildman–Crippen LogP) is 2.73. The average molecular weight is 317 g/mol. The molecule has 1 aliphatic rings. The Balaban J connectivity index is 2.50. The molecule has 1 heterocycles. The normalized spacial score (nSPS) is 26.2. The summed E-state index contributed by atoms with van der Waals surface area (Å²) >= 11 is 0. The lowest BCUT2D eigenvalue weighted by atomic mass is 9.69. The summed E-state index contributed by atoms with van der Waals surface area (Å²) < 4.78 is 6.07. The van der Waals surface area contributed by atoms with Gasteiger partial charge in [-0.1, -0.05) is 13.8 Å². The summed E-state index contributed by atoms with van der Waals surface area (Å²) in [5, 5.41) is 3.37. The molecule has 0 radical (unpaired) electrons. The second kappa shape index (κ2) is 7.59. The standard InChI is InChI=1S/C18H27N3O2/c1-4-9-20-12-15-7-5-6-13(2)18(15,23-3)14-8-10-21-16(11-14)17(19)22/h8,10-13,20H,4-7,9H2,1-3H3,(H2,19,22)/b15-12-. The first-order chi connectivity index (χ1) is 11.1. The fraction of sp³-hybridized carbons (Fsp3) is 0.556. The van der Waals surface area contributed by atoms with Gasteiger partial charge in [0.1, 0.15) is 11.3 Å². The molecule has 2 atom stereocenters. The van der Waals surface area contributed by atoms with Crippen LogP contribution in [0, 0.1) is 5.92 Å². The molecule has 0 aromatic carbocycles. The first-order valence-corrected chi connectivity index (χ1v) is 8.30.